The molecule has 8 heavy (non-hydrogen) atoms. The molecule has 0 aliphatic rings. The normalized spacial score (nSPS) is 11.2. The van der Waals surface area contributed by atoms with Crippen LogP contribution in [0.3, 0.4) is 0 Å². The average Bonchev–Trinajstić information content (AvgIpc) is 1.65. The molecule has 0 spiro atoms. The van der Waals surface area contributed by atoms with Gasteiger partial charge in [-0.25, -0.2) is 0 Å². The van der Waals surface area contributed by atoms with Crippen LogP contribution < -0.4 is 0 Å². The minimum atomic E-state index is 0.684. The predicted octanol–water partition coefficient (Wildman–Crippen LogP) is 0.957. The first-order chi connectivity index (χ1) is 3.66. The minimum absolute atomic E-state index is 0.684. The van der Waals surface area contributed by atoms with Gasteiger partial charge < -0.3 is 4.23 Å². The van der Waals surface area contributed by atoms with Crippen molar-refractivity contribution in [2.24, 2.45) is 5.92 Å². The Morgan fingerprint density at radius 1 is 1.75 bits per heavy atom. The Labute approximate surface area is 64.8 Å². The van der Waals surface area contributed by atoms with Crippen molar-refractivity contribution in [2.45, 2.75) is 13.8 Å². The van der Waals surface area contributed by atoms with Crippen LogP contribution in [0.25, 0.3) is 0 Å². The van der Waals surface area contributed by atoms with Crippen LogP contribution in [0.1, 0.15) is 13.8 Å². The Morgan fingerprint density at radius 2 is 2.25 bits per heavy atom. The molecule has 0 saturated heterocycles. The van der Waals surface area contributed by atoms with E-state index in [1.807, 2.05) is 0 Å². The minimum Gasteiger partial charge on any atom is -0.341 e. The van der Waals surface area contributed by atoms with Crippen LogP contribution in [0, 0.1) is 5.92 Å². The lowest BCUT2D eigenvalue weighted by atomic mass is 10.2. The van der Waals surface area contributed by atoms with Crippen LogP contribution in [0.15, 0.2) is 0 Å². The number of hydrogen-bond donors (Lipinski definition) is 0. The van der Waals surface area contributed by atoms with Crippen LogP contribution in [0.5, 0.6) is 0 Å². The molecule has 0 rings (SSSR count). The molecule has 0 aromatic rings. The fraction of sp³-hybridized carbons (Fsp3) is 1.00. The highest BCUT2D eigenvalue weighted by Crippen LogP contribution is 1.94. The summed E-state index contributed by atoms with van der Waals surface area (Å²) in [6, 6.07) is 0. The van der Waals surface area contributed by atoms with Gasteiger partial charge in [-0.05, 0) is 12.5 Å². The Morgan fingerprint density at radius 3 is 2.38 bits per heavy atom. The Hall–Kier alpha value is 0.874. The van der Waals surface area contributed by atoms with E-state index in [1.54, 1.807) is 0 Å². The fourth-order valence-corrected chi connectivity index (χ4v) is 1.63. The summed E-state index contributed by atoms with van der Waals surface area (Å²) in [6.45, 7) is 5.49. The van der Waals surface area contributed by atoms with Crippen molar-refractivity contribution in [3.8, 4) is 0 Å². The van der Waals surface area contributed by atoms with Gasteiger partial charge in [0.05, 0.1) is 0 Å². The number of rotatable bonds is 3. The highest BCUT2D eigenvalue weighted by Gasteiger charge is 1.98. The van der Waals surface area contributed by atoms with Gasteiger partial charge in [-0.3, -0.25) is 0 Å². The highest BCUT2D eigenvalue weighted by molar-refractivity contribution is 9.23. The first kappa shape index (κ1) is 8.87. The maximum Gasteiger partial charge on any atom is 0.230 e. The Balaban J connectivity index is 3.10. The van der Waals surface area contributed by atoms with Crippen LogP contribution in [-0.2, 0) is 0 Å². The predicted molar refractivity (Wildman–Crippen MR) is 42.0 cm³/mol. The van der Waals surface area contributed by atoms with E-state index < -0.39 is 0 Å². The van der Waals surface area contributed by atoms with Gasteiger partial charge in [-0.1, -0.05) is 13.8 Å². The van der Waals surface area contributed by atoms with E-state index in [-0.39, 0.29) is 0 Å². The second-order valence-electron chi connectivity index (χ2n) is 2.09. The molecule has 0 aliphatic carbocycles. The van der Waals surface area contributed by atoms with Crippen molar-refractivity contribution in [3.63, 3.8) is 0 Å². The lowest BCUT2D eigenvalue weighted by Crippen LogP contribution is -2.25. The molecule has 0 amide bonds. The number of halogens is 1. The molecule has 0 atom stereocenters. The Kier molecular flexibility index (Phi) is 5.24. The van der Waals surface area contributed by atoms with Crippen LogP contribution in [0.4, 0.5) is 0 Å². The maximum absolute atomic E-state index is 3.42. The zero-order valence-electron chi connectivity index (χ0n) is 5.11. The third-order valence-corrected chi connectivity index (χ3v) is 3.82. The molecule has 0 bridgehead atoms. The van der Waals surface area contributed by atoms with Gasteiger partial charge in [0.1, 0.15) is 10.4 Å². The topological polar surface area (TPSA) is 3.24 Å². The fourth-order valence-electron chi connectivity index (χ4n) is 0.400. The second-order valence-corrected chi connectivity index (χ2v) is 4.85. The summed E-state index contributed by atoms with van der Waals surface area (Å²) < 4.78 is 2.07. The largest absolute Gasteiger partial charge is 0.341 e. The first-order valence-corrected chi connectivity index (χ1v) is 6.17. The standard InChI is InChI=1S/C4H9BrNSi2/c1-4(2)3-6(7)8-5/h4H,3H2,1-2H3. The molecule has 5 radical (unpaired) electrons. The van der Waals surface area contributed by atoms with E-state index in [1.165, 1.54) is 0 Å². The smallest absolute Gasteiger partial charge is 0.230 e. The summed E-state index contributed by atoms with van der Waals surface area (Å²) in [5.41, 5.74) is 0. The third-order valence-electron chi connectivity index (χ3n) is 0.650. The third kappa shape index (κ3) is 5.02. The molecule has 0 aliphatic heterocycles. The highest BCUT2D eigenvalue weighted by atomic mass is 79.9. The van der Waals surface area contributed by atoms with E-state index in [9.17, 15) is 0 Å². The summed E-state index contributed by atoms with van der Waals surface area (Å²) >= 11 is 3.35. The van der Waals surface area contributed by atoms with Crippen molar-refractivity contribution < 1.29 is 0 Å². The molecule has 45 valence electrons. The molecule has 0 N–H and O–H groups in total. The van der Waals surface area contributed by atoms with Crippen LogP contribution in [0.2, 0.25) is 0 Å². The van der Waals surface area contributed by atoms with Gasteiger partial charge in [0.2, 0.25) is 8.30 Å². The van der Waals surface area contributed by atoms with Gasteiger partial charge in [0.25, 0.3) is 0 Å². The molecule has 1 nitrogen and oxygen atoms in total. The van der Waals surface area contributed by atoms with Gasteiger partial charge in [-0.15, -0.1) is 15.3 Å². The van der Waals surface area contributed by atoms with Crippen molar-refractivity contribution >= 4 is 34.0 Å². The number of hydrogen-bond acceptors (Lipinski definition) is 1. The number of nitrogens with zero attached hydrogens (tertiary/aromatic N) is 1. The quantitative estimate of drug-likeness (QED) is 0.492. The van der Waals surface area contributed by atoms with E-state index in [4.69, 9.17) is 0 Å². The maximum atomic E-state index is 3.42. The lowest BCUT2D eigenvalue weighted by Gasteiger charge is -2.13. The zero-order chi connectivity index (χ0) is 6.57. The van der Waals surface area contributed by atoms with Crippen molar-refractivity contribution in [1.82, 2.24) is 4.23 Å². The molecule has 0 saturated carbocycles. The molecule has 0 heterocycles. The molecule has 4 heteroatoms. The summed E-state index contributed by atoms with van der Waals surface area (Å²) in [7, 11) is 4.11. The van der Waals surface area contributed by atoms with Gasteiger partial charge in [-0.2, -0.15) is 0 Å². The second kappa shape index (κ2) is 4.72. The molecular weight excluding hydrogens is 198 g/mol. The average molecular weight is 207 g/mol. The van der Waals surface area contributed by atoms with Crippen LogP contribution in [-0.4, -0.2) is 29.5 Å². The van der Waals surface area contributed by atoms with Gasteiger partial charge in [0, 0.05) is 0 Å². The van der Waals surface area contributed by atoms with Crippen LogP contribution >= 0.6 is 15.3 Å². The lowest BCUT2D eigenvalue weighted by molar-refractivity contribution is 0.534. The first-order valence-electron chi connectivity index (χ1n) is 2.52. The van der Waals surface area contributed by atoms with Gasteiger partial charge in [0.15, 0.2) is 0 Å². The zero-order valence-corrected chi connectivity index (χ0v) is 8.70. The van der Waals surface area contributed by atoms with E-state index in [0.29, 0.717) is 8.30 Å². The van der Waals surface area contributed by atoms with Gasteiger partial charge >= 0.3 is 0 Å². The summed E-state index contributed by atoms with van der Waals surface area (Å²) in [5, 5.41) is 0. The molecule has 0 aromatic carbocycles. The monoisotopic (exact) mass is 206 g/mol. The molecular formula is C4H9BrNSi2. The molecule has 0 unspecified atom stereocenters. The van der Waals surface area contributed by atoms with E-state index in [2.05, 4.69) is 43.8 Å². The SMILES string of the molecule is CC(C)CN([Si])[Si]Br. The van der Waals surface area contributed by atoms with E-state index >= 15 is 0 Å². The van der Waals surface area contributed by atoms with E-state index in [0.717, 1.165) is 12.5 Å². The summed E-state index contributed by atoms with van der Waals surface area (Å²) in [5.74, 6) is 0.734. The Bertz CT molecular complexity index is 60.0. The summed E-state index contributed by atoms with van der Waals surface area (Å²) in [4.78, 5) is 0. The van der Waals surface area contributed by atoms with Crippen molar-refractivity contribution in [1.29, 1.82) is 0 Å². The molecule has 0 aromatic heterocycles. The van der Waals surface area contributed by atoms with Crippen molar-refractivity contribution in [3.05, 3.63) is 0 Å². The van der Waals surface area contributed by atoms with Crippen molar-refractivity contribution in [2.75, 3.05) is 6.54 Å². The summed E-state index contributed by atoms with van der Waals surface area (Å²) in [6.07, 6.45) is 0. The molecule has 0 fully saturated rings.